The Morgan fingerprint density at radius 2 is 1.72 bits per heavy atom. The summed E-state index contributed by atoms with van der Waals surface area (Å²) in [5.41, 5.74) is 3.98. The Bertz CT molecular complexity index is 879. The Kier molecular flexibility index (Phi) is 5.31. The Morgan fingerprint density at radius 1 is 1.10 bits per heavy atom. The van der Waals surface area contributed by atoms with Crippen molar-refractivity contribution in [1.82, 2.24) is 5.32 Å². The minimum absolute atomic E-state index is 0.00544. The van der Waals surface area contributed by atoms with Gasteiger partial charge in [0.1, 0.15) is 6.61 Å². The largest absolute Gasteiger partial charge is 0.481 e. The fraction of sp³-hybridized carbons (Fsp3) is 0.417. The van der Waals surface area contributed by atoms with Gasteiger partial charge in [-0.1, -0.05) is 68.3 Å². The molecule has 2 aliphatic carbocycles. The summed E-state index contributed by atoms with van der Waals surface area (Å²) in [6.45, 7) is 2.28. The van der Waals surface area contributed by atoms with E-state index in [0.717, 1.165) is 30.4 Å². The van der Waals surface area contributed by atoms with Crippen LogP contribution in [0.4, 0.5) is 4.79 Å². The lowest BCUT2D eigenvalue weighted by Crippen LogP contribution is -2.52. The standard InChI is InChI=1S/C24H27NO4/c1-2-16-8-7-13-24(16,14-22(26)27)25-23(28)29-15-21-19-11-5-3-9-17(19)18-10-4-6-12-20(18)21/h3-6,9-12,16,21H,2,7-8,13-15H2,1H3,(H,25,28)(H,26,27). The summed E-state index contributed by atoms with van der Waals surface area (Å²) >= 11 is 0. The van der Waals surface area contributed by atoms with Gasteiger partial charge in [0.25, 0.3) is 0 Å². The second-order valence-corrected chi connectivity index (χ2v) is 8.17. The van der Waals surface area contributed by atoms with Gasteiger partial charge in [-0.3, -0.25) is 4.79 Å². The normalized spacial score (nSPS) is 22.7. The molecule has 0 aliphatic heterocycles. The zero-order valence-corrected chi connectivity index (χ0v) is 16.7. The van der Waals surface area contributed by atoms with E-state index in [1.807, 2.05) is 31.2 Å². The summed E-state index contributed by atoms with van der Waals surface area (Å²) in [6.07, 6.45) is 2.81. The topological polar surface area (TPSA) is 75.6 Å². The molecule has 2 aromatic carbocycles. The summed E-state index contributed by atoms with van der Waals surface area (Å²) in [5.74, 6) is -0.725. The van der Waals surface area contributed by atoms with Gasteiger partial charge in [0.15, 0.2) is 0 Å². The molecule has 29 heavy (non-hydrogen) atoms. The van der Waals surface area contributed by atoms with Gasteiger partial charge in [-0.15, -0.1) is 0 Å². The molecule has 0 spiro atoms. The SMILES string of the molecule is CCC1CCCC1(CC(=O)O)NC(=O)OCC1c2ccccc2-c2ccccc21. The fourth-order valence-electron chi connectivity index (χ4n) is 5.29. The molecular formula is C24H27NO4. The smallest absolute Gasteiger partial charge is 0.407 e. The molecule has 0 saturated heterocycles. The lowest BCUT2D eigenvalue weighted by Gasteiger charge is -2.34. The number of hydrogen-bond acceptors (Lipinski definition) is 3. The van der Waals surface area contributed by atoms with Crippen LogP contribution in [0.25, 0.3) is 11.1 Å². The predicted octanol–water partition coefficient (Wildman–Crippen LogP) is 4.95. The third kappa shape index (κ3) is 3.61. The maximum atomic E-state index is 12.7. The van der Waals surface area contributed by atoms with Crippen LogP contribution in [-0.4, -0.2) is 29.3 Å². The number of nitrogens with one attached hydrogen (secondary N) is 1. The molecule has 2 N–H and O–H groups in total. The molecule has 0 heterocycles. The number of carbonyl (C=O) groups excluding carboxylic acids is 1. The fourth-order valence-corrected chi connectivity index (χ4v) is 5.29. The van der Waals surface area contributed by atoms with Gasteiger partial charge in [-0.25, -0.2) is 4.79 Å². The van der Waals surface area contributed by atoms with E-state index in [2.05, 4.69) is 29.6 Å². The second kappa shape index (κ2) is 7.90. The van der Waals surface area contributed by atoms with Crippen LogP contribution < -0.4 is 5.32 Å². The number of rotatable bonds is 6. The molecule has 4 rings (SSSR count). The summed E-state index contributed by atoms with van der Waals surface area (Å²) in [4.78, 5) is 24.2. The van der Waals surface area contributed by atoms with E-state index >= 15 is 0 Å². The highest BCUT2D eigenvalue weighted by atomic mass is 16.5. The third-order valence-electron chi connectivity index (χ3n) is 6.61. The molecule has 2 atom stereocenters. The number of aliphatic carboxylic acids is 1. The third-order valence-corrected chi connectivity index (χ3v) is 6.61. The number of amides is 1. The average molecular weight is 393 g/mol. The first-order valence-electron chi connectivity index (χ1n) is 10.4. The number of alkyl carbamates (subject to hydrolysis) is 1. The lowest BCUT2D eigenvalue weighted by atomic mass is 9.82. The molecule has 2 aliphatic rings. The van der Waals surface area contributed by atoms with Gasteiger partial charge in [-0.2, -0.15) is 0 Å². The molecule has 2 unspecified atom stereocenters. The van der Waals surface area contributed by atoms with Crippen molar-refractivity contribution in [3.05, 3.63) is 59.7 Å². The van der Waals surface area contributed by atoms with Crippen LogP contribution >= 0.6 is 0 Å². The minimum atomic E-state index is -0.885. The van der Waals surface area contributed by atoms with Gasteiger partial charge in [0.05, 0.1) is 12.0 Å². The van der Waals surface area contributed by atoms with Crippen molar-refractivity contribution < 1.29 is 19.4 Å². The van der Waals surface area contributed by atoms with Gasteiger partial charge in [0.2, 0.25) is 0 Å². The van der Waals surface area contributed by atoms with E-state index in [4.69, 9.17) is 4.74 Å². The summed E-state index contributed by atoms with van der Waals surface area (Å²) in [5, 5.41) is 12.3. The second-order valence-electron chi connectivity index (χ2n) is 8.17. The van der Waals surface area contributed by atoms with Crippen LogP contribution in [-0.2, 0) is 9.53 Å². The first kappa shape index (κ1) is 19.5. The zero-order chi connectivity index (χ0) is 20.4. The molecular weight excluding hydrogens is 366 g/mol. The van der Waals surface area contributed by atoms with Crippen molar-refractivity contribution in [2.45, 2.75) is 50.5 Å². The van der Waals surface area contributed by atoms with Crippen molar-refractivity contribution in [1.29, 1.82) is 0 Å². The molecule has 0 bridgehead atoms. The molecule has 0 aromatic heterocycles. The maximum Gasteiger partial charge on any atom is 0.407 e. The van der Waals surface area contributed by atoms with E-state index in [9.17, 15) is 14.7 Å². The van der Waals surface area contributed by atoms with E-state index in [-0.39, 0.29) is 24.9 Å². The van der Waals surface area contributed by atoms with E-state index in [0.29, 0.717) is 6.42 Å². The van der Waals surface area contributed by atoms with Gasteiger partial charge < -0.3 is 15.2 Å². The first-order valence-corrected chi connectivity index (χ1v) is 10.4. The van der Waals surface area contributed by atoms with Crippen LogP contribution in [0, 0.1) is 5.92 Å². The van der Waals surface area contributed by atoms with Gasteiger partial charge >= 0.3 is 12.1 Å². The number of hydrogen-bond donors (Lipinski definition) is 2. The molecule has 0 radical (unpaired) electrons. The van der Waals surface area contributed by atoms with Gasteiger partial charge in [-0.05, 0) is 41.0 Å². The molecule has 2 aromatic rings. The summed E-state index contributed by atoms with van der Waals surface area (Å²) in [7, 11) is 0. The first-order chi connectivity index (χ1) is 14.0. The van der Waals surface area contributed by atoms with Crippen molar-refractivity contribution in [3.63, 3.8) is 0 Å². The van der Waals surface area contributed by atoms with Crippen LogP contribution in [0.2, 0.25) is 0 Å². The van der Waals surface area contributed by atoms with Crippen LogP contribution in [0.15, 0.2) is 48.5 Å². The Balaban J connectivity index is 1.49. The number of carboxylic acid groups (broad SMARTS) is 1. The minimum Gasteiger partial charge on any atom is -0.481 e. The molecule has 152 valence electrons. The Morgan fingerprint density at radius 3 is 2.31 bits per heavy atom. The molecule has 5 nitrogen and oxygen atoms in total. The number of carboxylic acids is 1. The quantitative estimate of drug-likeness (QED) is 0.728. The predicted molar refractivity (Wildman–Crippen MR) is 111 cm³/mol. The number of fused-ring (bicyclic) bond motifs is 3. The highest BCUT2D eigenvalue weighted by Gasteiger charge is 2.45. The van der Waals surface area contributed by atoms with E-state index in [1.54, 1.807) is 0 Å². The highest BCUT2D eigenvalue weighted by Crippen LogP contribution is 2.45. The van der Waals surface area contributed by atoms with Crippen molar-refractivity contribution >= 4 is 12.1 Å². The molecule has 1 saturated carbocycles. The van der Waals surface area contributed by atoms with Gasteiger partial charge in [0, 0.05) is 5.92 Å². The van der Waals surface area contributed by atoms with Crippen molar-refractivity contribution in [2.24, 2.45) is 5.92 Å². The highest BCUT2D eigenvalue weighted by molar-refractivity contribution is 5.79. The Labute approximate surface area is 171 Å². The van der Waals surface area contributed by atoms with Crippen LogP contribution in [0.5, 0.6) is 0 Å². The molecule has 5 heteroatoms. The Hall–Kier alpha value is -2.82. The lowest BCUT2D eigenvalue weighted by molar-refractivity contribution is -0.139. The number of ether oxygens (including phenoxy) is 1. The monoisotopic (exact) mass is 393 g/mol. The zero-order valence-electron chi connectivity index (χ0n) is 16.7. The van der Waals surface area contributed by atoms with E-state index in [1.165, 1.54) is 11.1 Å². The van der Waals surface area contributed by atoms with Crippen molar-refractivity contribution in [2.75, 3.05) is 6.61 Å². The summed E-state index contributed by atoms with van der Waals surface area (Å²) < 4.78 is 5.66. The van der Waals surface area contributed by atoms with Crippen molar-refractivity contribution in [3.8, 4) is 11.1 Å². The average Bonchev–Trinajstić information content (AvgIpc) is 3.24. The maximum absolute atomic E-state index is 12.7. The number of benzene rings is 2. The molecule has 1 amide bonds. The van der Waals surface area contributed by atoms with Crippen LogP contribution in [0.1, 0.15) is 56.1 Å². The molecule has 1 fully saturated rings. The van der Waals surface area contributed by atoms with E-state index < -0.39 is 17.6 Å². The van der Waals surface area contributed by atoms with Crippen LogP contribution in [0.3, 0.4) is 0 Å². The number of carbonyl (C=O) groups is 2. The summed E-state index contributed by atoms with van der Waals surface area (Å²) in [6, 6.07) is 16.4.